The van der Waals surface area contributed by atoms with E-state index in [9.17, 15) is 4.79 Å². The highest BCUT2D eigenvalue weighted by molar-refractivity contribution is 5.82. The third kappa shape index (κ3) is 3.48. The molecule has 1 aliphatic heterocycles. The van der Waals surface area contributed by atoms with E-state index in [-0.39, 0.29) is 17.7 Å². The molecule has 2 atom stereocenters. The number of aromatic nitrogens is 1. The minimum Gasteiger partial charge on any atom is -0.489 e. The van der Waals surface area contributed by atoms with Crippen LogP contribution in [0.25, 0.3) is 10.8 Å². The lowest BCUT2D eigenvalue weighted by Crippen LogP contribution is -2.45. The fourth-order valence-electron chi connectivity index (χ4n) is 3.12. The molecule has 1 aromatic heterocycles. The number of hydrogen-bond donors (Lipinski definition) is 2. The molecule has 1 saturated heterocycles. The fraction of sp³-hybridized carbons (Fsp3) is 0.471. The number of H-pyrrole nitrogens is 1. The third-order valence-electron chi connectivity index (χ3n) is 4.06. The maximum Gasteiger partial charge on any atom is 0.255 e. The van der Waals surface area contributed by atoms with Gasteiger partial charge in [0.15, 0.2) is 0 Å². The number of aromatic amines is 1. The first-order valence-electron chi connectivity index (χ1n) is 7.88. The summed E-state index contributed by atoms with van der Waals surface area (Å²) in [5.41, 5.74) is 5.82. The Morgan fingerprint density at radius 1 is 1.45 bits per heavy atom. The molecular formula is C17H23N3O2. The quantitative estimate of drug-likeness (QED) is 0.902. The van der Waals surface area contributed by atoms with Gasteiger partial charge in [0.1, 0.15) is 11.9 Å². The van der Waals surface area contributed by atoms with Crippen molar-refractivity contribution in [2.75, 3.05) is 19.6 Å². The molecule has 1 unspecified atom stereocenters. The van der Waals surface area contributed by atoms with Crippen LogP contribution < -0.4 is 16.0 Å². The highest BCUT2D eigenvalue weighted by Crippen LogP contribution is 2.22. The minimum absolute atomic E-state index is 0.0650. The molecule has 0 spiro atoms. The Labute approximate surface area is 130 Å². The number of nitrogens with one attached hydrogen (secondary N) is 1. The van der Waals surface area contributed by atoms with Crippen molar-refractivity contribution in [2.24, 2.45) is 5.73 Å². The average molecular weight is 301 g/mol. The second-order valence-corrected chi connectivity index (χ2v) is 6.17. The first-order valence-corrected chi connectivity index (χ1v) is 7.88. The van der Waals surface area contributed by atoms with Crippen LogP contribution in [0.3, 0.4) is 0 Å². The molecule has 22 heavy (non-hydrogen) atoms. The van der Waals surface area contributed by atoms with Crippen LogP contribution in [0.15, 0.2) is 35.3 Å². The number of ether oxygens (including phenoxy) is 1. The Morgan fingerprint density at radius 3 is 3.14 bits per heavy atom. The van der Waals surface area contributed by atoms with Gasteiger partial charge >= 0.3 is 0 Å². The van der Waals surface area contributed by atoms with Gasteiger partial charge in [-0.3, -0.25) is 9.69 Å². The lowest BCUT2D eigenvalue weighted by molar-refractivity contribution is 0.0861. The predicted molar refractivity (Wildman–Crippen MR) is 88.3 cm³/mol. The number of nitrogens with zero attached hydrogens (tertiary/aromatic N) is 1. The molecule has 5 nitrogen and oxygen atoms in total. The van der Waals surface area contributed by atoms with Gasteiger partial charge in [0.2, 0.25) is 0 Å². The van der Waals surface area contributed by atoms with Gasteiger partial charge in [0, 0.05) is 30.7 Å². The van der Waals surface area contributed by atoms with E-state index >= 15 is 0 Å². The molecule has 0 aliphatic carbocycles. The van der Waals surface area contributed by atoms with Crippen molar-refractivity contribution < 1.29 is 4.74 Å². The summed E-state index contributed by atoms with van der Waals surface area (Å²) in [7, 11) is 0. The largest absolute Gasteiger partial charge is 0.489 e. The standard InChI is InChI=1S/C17H23N3O2/c1-12(18)10-20-8-2-3-15(11-20)22-14-4-5-16-13(9-14)6-7-19-17(16)21/h4-7,9,12,15H,2-3,8,10-11,18H2,1H3,(H,19,21)/t12?,15-/m0/s1. The zero-order valence-corrected chi connectivity index (χ0v) is 12.9. The second-order valence-electron chi connectivity index (χ2n) is 6.17. The van der Waals surface area contributed by atoms with Crippen molar-refractivity contribution in [3.05, 3.63) is 40.8 Å². The molecule has 0 saturated carbocycles. The Balaban J connectivity index is 1.71. The summed E-state index contributed by atoms with van der Waals surface area (Å²) in [6, 6.07) is 7.72. The van der Waals surface area contributed by atoms with Crippen molar-refractivity contribution >= 4 is 10.8 Å². The van der Waals surface area contributed by atoms with E-state index in [1.807, 2.05) is 31.2 Å². The zero-order valence-electron chi connectivity index (χ0n) is 12.9. The van der Waals surface area contributed by atoms with Gasteiger partial charge < -0.3 is 15.5 Å². The van der Waals surface area contributed by atoms with E-state index in [0.29, 0.717) is 5.39 Å². The third-order valence-corrected chi connectivity index (χ3v) is 4.06. The van der Waals surface area contributed by atoms with Crippen LogP contribution in [0, 0.1) is 0 Å². The Morgan fingerprint density at radius 2 is 2.32 bits per heavy atom. The van der Waals surface area contributed by atoms with Crippen LogP contribution in [0.2, 0.25) is 0 Å². The van der Waals surface area contributed by atoms with Crippen molar-refractivity contribution in [2.45, 2.75) is 31.9 Å². The van der Waals surface area contributed by atoms with Gasteiger partial charge in [-0.1, -0.05) is 0 Å². The summed E-state index contributed by atoms with van der Waals surface area (Å²) in [4.78, 5) is 16.8. The van der Waals surface area contributed by atoms with Crippen LogP contribution in [0.5, 0.6) is 5.75 Å². The minimum atomic E-state index is -0.0650. The maximum absolute atomic E-state index is 11.7. The number of pyridine rings is 1. The topological polar surface area (TPSA) is 71.3 Å². The number of likely N-dealkylation sites (tertiary alicyclic amines) is 1. The normalized spacial score (nSPS) is 20.9. The summed E-state index contributed by atoms with van der Waals surface area (Å²) < 4.78 is 6.12. The van der Waals surface area contributed by atoms with E-state index in [4.69, 9.17) is 10.5 Å². The SMILES string of the molecule is CC(N)CN1CCC[C@H](Oc2ccc3c(=O)[nH]ccc3c2)C1. The van der Waals surface area contributed by atoms with Crippen LogP contribution in [-0.2, 0) is 0 Å². The van der Waals surface area contributed by atoms with Crippen molar-refractivity contribution in [3.8, 4) is 5.75 Å². The van der Waals surface area contributed by atoms with E-state index < -0.39 is 0 Å². The summed E-state index contributed by atoms with van der Waals surface area (Å²) in [6.07, 6.45) is 4.04. The maximum atomic E-state index is 11.7. The zero-order chi connectivity index (χ0) is 15.5. The molecule has 0 bridgehead atoms. The molecule has 3 N–H and O–H groups in total. The van der Waals surface area contributed by atoms with E-state index in [1.165, 1.54) is 0 Å². The van der Waals surface area contributed by atoms with Crippen LogP contribution in [-0.4, -0.2) is 41.7 Å². The van der Waals surface area contributed by atoms with Crippen LogP contribution in [0.1, 0.15) is 19.8 Å². The Hall–Kier alpha value is -1.85. The highest BCUT2D eigenvalue weighted by atomic mass is 16.5. The van der Waals surface area contributed by atoms with E-state index in [1.54, 1.807) is 6.20 Å². The molecule has 2 heterocycles. The molecule has 2 aromatic rings. The highest BCUT2D eigenvalue weighted by Gasteiger charge is 2.21. The van der Waals surface area contributed by atoms with Crippen LogP contribution in [0.4, 0.5) is 0 Å². The fourth-order valence-corrected chi connectivity index (χ4v) is 3.12. The van der Waals surface area contributed by atoms with Crippen molar-refractivity contribution in [3.63, 3.8) is 0 Å². The van der Waals surface area contributed by atoms with Gasteiger partial charge in [-0.15, -0.1) is 0 Å². The molecule has 1 aromatic carbocycles. The first-order chi connectivity index (χ1) is 10.6. The molecule has 5 heteroatoms. The van der Waals surface area contributed by atoms with E-state index in [0.717, 1.165) is 43.6 Å². The van der Waals surface area contributed by atoms with Crippen molar-refractivity contribution in [1.29, 1.82) is 0 Å². The molecular weight excluding hydrogens is 278 g/mol. The summed E-state index contributed by atoms with van der Waals surface area (Å²) in [5.74, 6) is 0.825. The molecule has 0 radical (unpaired) electrons. The molecule has 1 fully saturated rings. The van der Waals surface area contributed by atoms with Crippen molar-refractivity contribution in [1.82, 2.24) is 9.88 Å². The Kier molecular flexibility index (Phi) is 4.45. The first kappa shape index (κ1) is 15.1. The van der Waals surface area contributed by atoms with Gasteiger partial charge in [-0.05, 0) is 56.0 Å². The smallest absolute Gasteiger partial charge is 0.255 e. The second kappa shape index (κ2) is 6.50. The van der Waals surface area contributed by atoms with E-state index in [2.05, 4.69) is 9.88 Å². The number of benzene rings is 1. The summed E-state index contributed by atoms with van der Waals surface area (Å²) in [5, 5.41) is 1.60. The number of fused-ring (bicyclic) bond motifs is 1. The van der Waals surface area contributed by atoms with Gasteiger partial charge in [0.25, 0.3) is 5.56 Å². The number of rotatable bonds is 4. The predicted octanol–water partition coefficient (Wildman–Crippen LogP) is 1.72. The van der Waals surface area contributed by atoms with Gasteiger partial charge in [-0.25, -0.2) is 0 Å². The van der Waals surface area contributed by atoms with Crippen LogP contribution >= 0.6 is 0 Å². The lowest BCUT2D eigenvalue weighted by atomic mass is 10.1. The number of nitrogens with two attached hydrogens (primary N) is 1. The van der Waals surface area contributed by atoms with Gasteiger partial charge in [-0.2, -0.15) is 0 Å². The van der Waals surface area contributed by atoms with Gasteiger partial charge in [0.05, 0.1) is 0 Å². The lowest BCUT2D eigenvalue weighted by Gasteiger charge is -2.33. The molecule has 1 aliphatic rings. The summed E-state index contributed by atoms with van der Waals surface area (Å²) in [6.45, 7) is 4.95. The molecule has 0 amide bonds. The Bertz CT molecular complexity index is 696. The molecule has 118 valence electrons. The number of hydrogen-bond acceptors (Lipinski definition) is 4. The monoisotopic (exact) mass is 301 g/mol. The molecule has 3 rings (SSSR count). The number of piperidine rings is 1. The summed E-state index contributed by atoms with van der Waals surface area (Å²) >= 11 is 0. The average Bonchev–Trinajstić information content (AvgIpc) is 2.47.